The van der Waals surface area contributed by atoms with Gasteiger partial charge in [-0.3, -0.25) is 9.11 Å². The Labute approximate surface area is 162 Å². The van der Waals surface area contributed by atoms with Crippen LogP contribution in [0.5, 0.6) is 0 Å². The van der Waals surface area contributed by atoms with Gasteiger partial charge >= 0.3 is 10.4 Å². The molecule has 2 N–H and O–H groups in total. The summed E-state index contributed by atoms with van der Waals surface area (Å²) in [6, 6.07) is 9.51. The molecule has 0 unspecified atom stereocenters. The Morgan fingerprint density at radius 3 is 0.720 bits per heavy atom. The van der Waals surface area contributed by atoms with Crippen LogP contribution in [0.15, 0.2) is 0 Å². The first-order valence-electron chi connectivity index (χ1n) is 10.4. The highest BCUT2D eigenvalue weighted by Gasteiger charge is 2.06. The van der Waals surface area contributed by atoms with Gasteiger partial charge in [0.2, 0.25) is 0 Å². The molecule has 0 saturated heterocycles. The smallest absolute Gasteiger partial charge is 0.264 e. The molecule has 7 heteroatoms. The Morgan fingerprint density at radius 2 is 0.640 bits per heavy atom. The lowest BCUT2D eigenvalue weighted by molar-refractivity contribution is 0.381. The van der Waals surface area contributed by atoms with Crippen LogP contribution in [-0.2, 0) is 10.4 Å². The summed E-state index contributed by atoms with van der Waals surface area (Å²) >= 11 is 0. The van der Waals surface area contributed by atoms with Crippen molar-refractivity contribution in [3.05, 3.63) is 0 Å². The molecular formula is C18H46O4SSi2. The van der Waals surface area contributed by atoms with Crippen LogP contribution in [0.3, 0.4) is 0 Å². The van der Waals surface area contributed by atoms with Crippen molar-refractivity contribution in [2.75, 3.05) is 0 Å². The van der Waals surface area contributed by atoms with E-state index >= 15 is 0 Å². The molecule has 4 nitrogen and oxygen atoms in total. The van der Waals surface area contributed by atoms with Gasteiger partial charge in [-0.1, -0.05) is 116 Å². The fourth-order valence-corrected chi connectivity index (χ4v) is 9.95. The molecule has 0 spiro atoms. The maximum atomic E-state index is 8.74. The molecule has 0 aromatic rings. The van der Waals surface area contributed by atoms with Crippen LogP contribution in [0, 0.1) is 0 Å². The largest absolute Gasteiger partial charge is 0.394 e. The summed E-state index contributed by atoms with van der Waals surface area (Å²) in [7, 11) is -5.13. The minimum absolute atomic E-state index is 0.234. The number of hydrogen-bond acceptors (Lipinski definition) is 2. The van der Waals surface area contributed by atoms with Gasteiger partial charge in [-0.15, -0.1) is 0 Å². The second-order valence-corrected chi connectivity index (χ2v) is 14.7. The first-order valence-corrected chi connectivity index (χ1v) is 16.7. The maximum Gasteiger partial charge on any atom is 0.394 e. The Kier molecular flexibility index (Phi) is 26.9. The van der Waals surface area contributed by atoms with E-state index in [0.717, 1.165) is 0 Å². The summed E-state index contributed by atoms with van der Waals surface area (Å²) in [4.78, 5) is 0. The van der Waals surface area contributed by atoms with E-state index in [1.807, 2.05) is 0 Å². The molecule has 0 bridgehead atoms. The standard InChI is InChI=1S/2C9H22Si.H2O4S/c2*1-4-7-10(8-5-2)9-6-3;1-5(2,3)4/h2*10H,4-9H2,1-3H3;(H2,1,2,3,4). The Morgan fingerprint density at radius 1 is 0.520 bits per heavy atom. The van der Waals surface area contributed by atoms with Gasteiger partial charge in [-0.2, -0.15) is 8.42 Å². The van der Waals surface area contributed by atoms with Crippen molar-refractivity contribution >= 4 is 28.0 Å². The first kappa shape index (κ1) is 30.0. The zero-order valence-electron chi connectivity index (χ0n) is 17.8. The van der Waals surface area contributed by atoms with Gasteiger partial charge in [-0.25, -0.2) is 0 Å². The SMILES string of the molecule is CCC[SiH](CCC)CCC.CCC[SiH](CCC)CCC.O=S(=O)(O)O. The summed E-state index contributed by atoms with van der Waals surface area (Å²) in [6.45, 7) is 13.9. The van der Waals surface area contributed by atoms with Gasteiger partial charge < -0.3 is 0 Å². The third kappa shape index (κ3) is 36.1. The Bertz CT molecular complexity index is 283. The van der Waals surface area contributed by atoms with Crippen LogP contribution >= 0.6 is 0 Å². The van der Waals surface area contributed by atoms with E-state index in [9.17, 15) is 0 Å². The lowest BCUT2D eigenvalue weighted by Gasteiger charge is -2.10. The molecule has 0 aliphatic rings. The van der Waals surface area contributed by atoms with Crippen LogP contribution in [0.1, 0.15) is 80.1 Å². The van der Waals surface area contributed by atoms with Crippen LogP contribution in [0.25, 0.3) is 0 Å². The molecule has 0 atom stereocenters. The van der Waals surface area contributed by atoms with Gasteiger partial charge in [0, 0.05) is 17.6 Å². The third-order valence-corrected chi connectivity index (χ3v) is 12.5. The monoisotopic (exact) mass is 414 g/mol. The van der Waals surface area contributed by atoms with E-state index < -0.39 is 10.4 Å². The van der Waals surface area contributed by atoms with Crippen LogP contribution in [0.4, 0.5) is 0 Å². The second kappa shape index (κ2) is 22.3. The first-order chi connectivity index (χ1) is 11.7. The molecule has 0 heterocycles. The lowest BCUT2D eigenvalue weighted by Crippen LogP contribution is -2.09. The minimum atomic E-state index is -4.67. The van der Waals surface area contributed by atoms with E-state index in [1.54, 1.807) is 36.3 Å². The van der Waals surface area contributed by atoms with Crippen LogP contribution < -0.4 is 0 Å². The van der Waals surface area contributed by atoms with Gasteiger partial charge in [0.1, 0.15) is 0 Å². The highest BCUT2D eigenvalue weighted by Crippen LogP contribution is 2.12. The highest BCUT2D eigenvalue weighted by molar-refractivity contribution is 7.79. The molecule has 0 fully saturated rings. The molecular weight excluding hydrogens is 368 g/mol. The summed E-state index contributed by atoms with van der Waals surface area (Å²) in [6.07, 6.45) is 8.56. The average molecular weight is 415 g/mol. The molecule has 0 saturated carbocycles. The van der Waals surface area contributed by atoms with E-state index in [1.165, 1.54) is 38.5 Å². The van der Waals surface area contributed by atoms with Crippen LogP contribution in [-0.4, -0.2) is 35.1 Å². The maximum absolute atomic E-state index is 8.74. The second-order valence-electron chi connectivity index (χ2n) is 6.91. The van der Waals surface area contributed by atoms with E-state index in [0.29, 0.717) is 0 Å². The summed E-state index contributed by atoms with van der Waals surface area (Å²) < 4.78 is 31.6. The predicted octanol–water partition coefficient (Wildman–Crippen LogP) is 6.23. The molecule has 0 rings (SSSR count). The van der Waals surface area contributed by atoms with E-state index in [2.05, 4.69) is 41.5 Å². The number of hydrogen-bond donors (Lipinski definition) is 2. The molecule has 156 valence electrons. The average Bonchev–Trinajstić information content (AvgIpc) is 2.48. The minimum Gasteiger partial charge on any atom is -0.264 e. The predicted molar refractivity (Wildman–Crippen MR) is 119 cm³/mol. The molecule has 0 amide bonds. The third-order valence-electron chi connectivity index (χ3n) is 4.18. The zero-order valence-corrected chi connectivity index (χ0v) is 20.9. The van der Waals surface area contributed by atoms with Crippen LogP contribution in [0.2, 0.25) is 36.3 Å². The molecule has 0 aromatic carbocycles. The number of rotatable bonds is 12. The van der Waals surface area contributed by atoms with Crippen molar-refractivity contribution < 1.29 is 17.5 Å². The fraction of sp³-hybridized carbons (Fsp3) is 1.00. The quantitative estimate of drug-likeness (QED) is 0.293. The summed E-state index contributed by atoms with van der Waals surface area (Å²) in [5, 5.41) is 0. The summed E-state index contributed by atoms with van der Waals surface area (Å²) in [5.74, 6) is 0. The lowest BCUT2D eigenvalue weighted by atomic mass is 10.6. The van der Waals surface area contributed by atoms with Crippen molar-refractivity contribution in [3.63, 3.8) is 0 Å². The van der Waals surface area contributed by atoms with E-state index in [-0.39, 0.29) is 17.6 Å². The van der Waals surface area contributed by atoms with Gasteiger partial charge in [0.25, 0.3) is 0 Å². The van der Waals surface area contributed by atoms with Crippen molar-refractivity contribution in [1.82, 2.24) is 0 Å². The highest BCUT2D eigenvalue weighted by atomic mass is 32.3. The molecule has 0 radical (unpaired) electrons. The van der Waals surface area contributed by atoms with Crippen molar-refractivity contribution in [2.24, 2.45) is 0 Å². The van der Waals surface area contributed by atoms with Gasteiger partial charge in [-0.05, 0) is 0 Å². The summed E-state index contributed by atoms with van der Waals surface area (Å²) in [5.41, 5.74) is 0. The normalized spacial score (nSPS) is 11.0. The van der Waals surface area contributed by atoms with Crippen molar-refractivity contribution in [1.29, 1.82) is 0 Å². The molecule has 0 aliphatic carbocycles. The van der Waals surface area contributed by atoms with E-state index in [4.69, 9.17) is 17.5 Å². The molecule has 25 heavy (non-hydrogen) atoms. The van der Waals surface area contributed by atoms with Gasteiger partial charge in [0.05, 0.1) is 0 Å². The Balaban J connectivity index is -0.000000308. The van der Waals surface area contributed by atoms with Gasteiger partial charge in [0.15, 0.2) is 0 Å². The topological polar surface area (TPSA) is 74.6 Å². The molecule has 0 aromatic heterocycles. The fourth-order valence-electron chi connectivity index (χ4n) is 3.32. The van der Waals surface area contributed by atoms with Crippen molar-refractivity contribution in [3.8, 4) is 0 Å². The molecule has 0 aliphatic heterocycles. The zero-order chi connectivity index (χ0) is 20.1. The Hall–Kier alpha value is 0.304. The van der Waals surface area contributed by atoms with Crippen molar-refractivity contribution in [2.45, 2.75) is 116 Å².